The van der Waals surface area contributed by atoms with E-state index in [2.05, 4.69) is 10.1 Å². The zero-order chi connectivity index (χ0) is 28.6. The normalized spacial score (nSPS) is 21.1. The van der Waals surface area contributed by atoms with Crippen LogP contribution in [0.3, 0.4) is 0 Å². The van der Waals surface area contributed by atoms with Gasteiger partial charge in [-0.05, 0) is 42.8 Å². The van der Waals surface area contributed by atoms with Gasteiger partial charge in [-0.2, -0.15) is 22.0 Å². The van der Waals surface area contributed by atoms with Crippen LogP contribution in [0, 0.1) is 5.92 Å². The average Bonchev–Trinajstić information content (AvgIpc) is 3.25. The van der Waals surface area contributed by atoms with E-state index in [-0.39, 0.29) is 37.3 Å². The monoisotopic (exact) mass is 572 g/mol. The van der Waals surface area contributed by atoms with Crippen molar-refractivity contribution < 1.29 is 49.8 Å². The summed E-state index contributed by atoms with van der Waals surface area (Å²) in [5, 5.41) is 3.03. The molecule has 3 aromatic rings. The summed E-state index contributed by atoms with van der Waals surface area (Å²) >= 11 is 0. The Morgan fingerprint density at radius 3 is 2.60 bits per heavy atom. The lowest BCUT2D eigenvalue weighted by Gasteiger charge is -2.17. The second-order valence-corrected chi connectivity index (χ2v) is 9.75. The molecule has 1 aliphatic heterocycles. The summed E-state index contributed by atoms with van der Waals surface area (Å²) in [6, 6.07) is 6.98. The van der Waals surface area contributed by atoms with Gasteiger partial charge in [0.1, 0.15) is 41.2 Å². The Labute approximate surface area is 225 Å². The van der Waals surface area contributed by atoms with Crippen LogP contribution in [0.4, 0.5) is 26.3 Å². The number of fused-ring (bicyclic) bond motifs is 1. The van der Waals surface area contributed by atoms with Crippen LogP contribution in [0.1, 0.15) is 23.2 Å². The molecule has 1 saturated carbocycles. The number of ether oxygens (including phenoxy) is 3. The van der Waals surface area contributed by atoms with Crippen LogP contribution in [0.2, 0.25) is 0 Å². The van der Waals surface area contributed by atoms with Crippen LogP contribution >= 0.6 is 0 Å². The molecule has 1 unspecified atom stereocenters. The minimum Gasteiger partial charge on any atom is -0.496 e. The predicted octanol–water partition coefficient (Wildman–Crippen LogP) is 5.81. The molecule has 0 bridgehead atoms. The summed E-state index contributed by atoms with van der Waals surface area (Å²) in [5.41, 5.74) is 0.978. The van der Waals surface area contributed by atoms with E-state index in [0.29, 0.717) is 40.9 Å². The molecule has 40 heavy (non-hydrogen) atoms. The molecule has 1 saturated heterocycles. The van der Waals surface area contributed by atoms with Crippen LogP contribution in [0.15, 0.2) is 41.0 Å². The number of nitrogens with zero attached hydrogens (tertiary/aromatic N) is 1. The number of halogens is 6. The number of rotatable bonds is 10. The molecule has 13 heteroatoms. The van der Waals surface area contributed by atoms with Gasteiger partial charge in [0, 0.05) is 36.5 Å². The molecule has 1 amide bonds. The zero-order valence-electron chi connectivity index (χ0n) is 21.3. The van der Waals surface area contributed by atoms with Gasteiger partial charge in [0.15, 0.2) is 0 Å². The lowest BCUT2D eigenvalue weighted by atomic mass is 10.0. The van der Waals surface area contributed by atoms with Gasteiger partial charge in [-0.15, -0.1) is 0 Å². The zero-order valence-corrected chi connectivity index (χ0v) is 21.3. The number of methoxy groups -OCH3 is 1. The van der Waals surface area contributed by atoms with E-state index in [4.69, 9.17) is 13.9 Å². The number of hydrogen-bond acceptors (Lipinski definition) is 6. The maximum atomic E-state index is 13.3. The van der Waals surface area contributed by atoms with E-state index in [1.165, 1.54) is 25.5 Å². The largest absolute Gasteiger partial charge is 0.496 e. The fourth-order valence-corrected chi connectivity index (χ4v) is 4.79. The summed E-state index contributed by atoms with van der Waals surface area (Å²) < 4.78 is 99.8. The highest BCUT2D eigenvalue weighted by atomic mass is 19.4. The fourth-order valence-electron chi connectivity index (χ4n) is 4.79. The van der Waals surface area contributed by atoms with E-state index in [1.807, 2.05) is 0 Å². The van der Waals surface area contributed by atoms with Crippen molar-refractivity contribution in [2.24, 2.45) is 5.92 Å². The maximum Gasteiger partial charge on any atom is 0.393 e. The number of amides is 1. The minimum absolute atomic E-state index is 0.0500. The minimum atomic E-state index is -4.20. The maximum absolute atomic E-state index is 13.3. The Hall–Kier alpha value is -3.61. The first-order valence-corrected chi connectivity index (χ1v) is 12.6. The number of carbonyl (C=O) groups is 1. The standard InChI is InChI=1S/C27H26F6N2O5/c1-37-22-8-14(9-23(40-26(29)30)24(22)25(36)34-20-11-19(20)28)18-13-39-21-10-16(2-3-17(18)21)38-7-6-35-5-4-15(12-35)27(31,32)33/h2-3,8-10,13,15,19-20,26H,4-7,11-12H2,1H3,(H,34,36)/t15?,19-,20+/m0/s1. The van der Waals surface area contributed by atoms with E-state index in [9.17, 15) is 31.1 Å². The molecule has 7 nitrogen and oxygen atoms in total. The second-order valence-electron chi connectivity index (χ2n) is 9.75. The SMILES string of the molecule is COc1cc(-c2coc3cc(OCCN4CCC(C(F)(F)F)C4)ccc23)cc(OC(F)F)c1C(=O)N[C@@H]1C[C@@H]1F. The van der Waals surface area contributed by atoms with Crippen LogP contribution < -0.4 is 19.5 Å². The van der Waals surface area contributed by atoms with Gasteiger partial charge in [0.2, 0.25) is 0 Å². The van der Waals surface area contributed by atoms with Crippen molar-refractivity contribution in [2.75, 3.05) is 33.4 Å². The van der Waals surface area contributed by atoms with E-state index < -0.39 is 42.6 Å². The molecule has 2 aromatic carbocycles. The third kappa shape index (κ3) is 6.08. The van der Waals surface area contributed by atoms with Crippen molar-refractivity contribution in [1.82, 2.24) is 10.2 Å². The molecule has 2 fully saturated rings. The lowest BCUT2D eigenvalue weighted by molar-refractivity contribution is -0.170. The molecular weight excluding hydrogens is 546 g/mol. The third-order valence-corrected chi connectivity index (χ3v) is 7.03. The van der Waals surface area contributed by atoms with Gasteiger partial charge in [-0.25, -0.2) is 4.39 Å². The van der Waals surface area contributed by atoms with Crippen LogP contribution in [-0.4, -0.2) is 69.2 Å². The van der Waals surface area contributed by atoms with Gasteiger partial charge in [0.05, 0.1) is 25.3 Å². The Morgan fingerprint density at radius 1 is 1.20 bits per heavy atom. The molecule has 1 aromatic heterocycles. The molecule has 2 heterocycles. The topological polar surface area (TPSA) is 73.2 Å². The number of carbonyl (C=O) groups excluding carboxylic acids is 1. The van der Waals surface area contributed by atoms with Crippen molar-refractivity contribution in [3.63, 3.8) is 0 Å². The predicted molar refractivity (Wildman–Crippen MR) is 132 cm³/mol. The lowest BCUT2D eigenvalue weighted by Crippen LogP contribution is -2.30. The molecule has 216 valence electrons. The summed E-state index contributed by atoms with van der Waals surface area (Å²) in [5.74, 6) is -2.17. The summed E-state index contributed by atoms with van der Waals surface area (Å²) in [6.45, 7) is -2.41. The van der Waals surface area contributed by atoms with Crippen molar-refractivity contribution in [3.05, 3.63) is 42.2 Å². The molecular formula is C27H26F6N2O5. The van der Waals surface area contributed by atoms with E-state index in [1.54, 1.807) is 23.1 Å². The Bertz CT molecular complexity index is 1380. The Morgan fingerprint density at radius 2 is 1.95 bits per heavy atom. The van der Waals surface area contributed by atoms with Crippen LogP contribution in [-0.2, 0) is 0 Å². The van der Waals surface area contributed by atoms with Crippen LogP contribution in [0.5, 0.6) is 17.2 Å². The summed E-state index contributed by atoms with van der Waals surface area (Å²) in [7, 11) is 1.26. The molecule has 1 aliphatic carbocycles. The number of alkyl halides is 6. The van der Waals surface area contributed by atoms with Gasteiger partial charge in [0.25, 0.3) is 5.91 Å². The highest BCUT2D eigenvalue weighted by molar-refractivity contribution is 6.02. The third-order valence-electron chi connectivity index (χ3n) is 7.03. The number of benzene rings is 2. The van der Waals surface area contributed by atoms with Gasteiger partial charge < -0.3 is 23.9 Å². The van der Waals surface area contributed by atoms with Crippen LogP contribution in [0.25, 0.3) is 22.1 Å². The van der Waals surface area contributed by atoms with Crippen molar-refractivity contribution in [3.8, 4) is 28.4 Å². The number of likely N-dealkylation sites (tertiary alicyclic amines) is 1. The van der Waals surface area contributed by atoms with Gasteiger partial charge >= 0.3 is 12.8 Å². The highest BCUT2D eigenvalue weighted by Crippen LogP contribution is 2.40. The average molecular weight is 573 g/mol. The summed E-state index contributed by atoms with van der Waals surface area (Å²) in [4.78, 5) is 14.4. The van der Waals surface area contributed by atoms with Crippen molar-refractivity contribution in [1.29, 1.82) is 0 Å². The van der Waals surface area contributed by atoms with E-state index in [0.717, 1.165) is 0 Å². The second kappa shape index (κ2) is 11.1. The first-order valence-electron chi connectivity index (χ1n) is 12.6. The van der Waals surface area contributed by atoms with Crippen molar-refractivity contribution in [2.45, 2.75) is 37.8 Å². The highest BCUT2D eigenvalue weighted by Gasteiger charge is 2.43. The molecule has 5 rings (SSSR count). The first-order chi connectivity index (χ1) is 19.0. The van der Waals surface area contributed by atoms with Crippen molar-refractivity contribution >= 4 is 16.9 Å². The molecule has 1 N–H and O–H groups in total. The van der Waals surface area contributed by atoms with E-state index >= 15 is 0 Å². The fraction of sp³-hybridized carbons (Fsp3) is 0.444. The number of furan rings is 1. The first kappa shape index (κ1) is 27.9. The van der Waals surface area contributed by atoms with Gasteiger partial charge in [-0.1, -0.05) is 0 Å². The number of hydrogen-bond donors (Lipinski definition) is 1. The quantitative estimate of drug-likeness (QED) is 0.309. The molecule has 0 radical (unpaired) electrons. The Balaban J connectivity index is 1.33. The van der Waals surface area contributed by atoms with Gasteiger partial charge in [-0.3, -0.25) is 9.69 Å². The summed E-state index contributed by atoms with van der Waals surface area (Å²) in [6.07, 6.45) is -3.78. The molecule has 3 atom stereocenters. The molecule has 0 spiro atoms. The Kier molecular flexibility index (Phi) is 7.76. The number of nitrogens with one attached hydrogen (secondary N) is 1. The smallest absolute Gasteiger partial charge is 0.393 e. The molecule has 2 aliphatic rings.